The quantitative estimate of drug-likeness (QED) is 0.663. The minimum atomic E-state index is 0.358. The van der Waals surface area contributed by atoms with Crippen molar-refractivity contribution in [2.75, 3.05) is 13.2 Å². The van der Waals surface area contributed by atoms with Crippen molar-refractivity contribution in [3.63, 3.8) is 0 Å². The highest BCUT2D eigenvalue weighted by molar-refractivity contribution is 5.20. The molecule has 0 N–H and O–H groups in total. The molecule has 1 aromatic heterocycles. The first-order chi connectivity index (χ1) is 7.76. The molecule has 0 aliphatic rings. The number of rotatable bonds is 7. The van der Waals surface area contributed by atoms with Crippen LogP contribution in [0.5, 0.6) is 5.88 Å². The van der Waals surface area contributed by atoms with Crippen molar-refractivity contribution in [3.05, 3.63) is 36.2 Å². The van der Waals surface area contributed by atoms with Crippen LogP contribution in [0.2, 0.25) is 0 Å². The zero-order valence-electron chi connectivity index (χ0n) is 10.0. The molecule has 0 amide bonds. The van der Waals surface area contributed by atoms with Crippen LogP contribution in [0.3, 0.4) is 0 Å². The lowest BCUT2D eigenvalue weighted by atomic mass is 10.1. The molecule has 0 unspecified atom stereocenters. The molecular weight excluding hydrogens is 202 g/mol. The molecule has 0 radical (unpaired) electrons. The maximum Gasteiger partial charge on any atom is 0.213 e. The number of aryl methyl sites for hydroxylation is 1. The fourth-order valence-electron chi connectivity index (χ4n) is 1.37. The van der Waals surface area contributed by atoms with Crippen molar-refractivity contribution in [3.8, 4) is 5.88 Å². The average molecular weight is 221 g/mol. The summed E-state index contributed by atoms with van der Waals surface area (Å²) in [7, 11) is 0. The van der Waals surface area contributed by atoms with Gasteiger partial charge in [0.1, 0.15) is 12.4 Å². The number of nitrogens with zero attached hydrogens (tertiary/aromatic N) is 1. The van der Waals surface area contributed by atoms with Crippen LogP contribution in [0.15, 0.2) is 30.7 Å². The monoisotopic (exact) mass is 221 g/mol. The highest BCUT2D eigenvalue weighted by Gasteiger charge is 2.00. The molecule has 0 spiro atoms. The summed E-state index contributed by atoms with van der Waals surface area (Å²) >= 11 is 0. The molecular formula is C13H19NO2. The smallest absolute Gasteiger partial charge is 0.213 e. The lowest BCUT2D eigenvalue weighted by molar-refractivity contribution is 0.179. The van der Waals surface area contributed by atoms with Crippen LogP contribution in [-0.4, -0.2) is 18.2 Å². The van der Waals surface area contributed by atoms with Gasteiger partial charge >= 0.3 is 0 Å². The summed E-state index contributed by atoms with van der Waals surface area (Å²) in [5, 5.41) is 0. The summed E-state index contributed by atoms with van der Waals surface area (Å²) in [5.41, 5.74) is 1.24. The van der Waals surface area contributed by atoms with Crippen molar-refractivity contribution in [1.82, 2.24) is 4.98 Å². The van der Waals surface area contributed by atoms with Gasteiger partial charge in [-0.2, -0.15) is 0 Å². The van der Waals surface area contributed by atoms with Crippen LogP contribution in [0.25, 0.3) is 0 Å². The van der Waals surface area contributed by atoms with E-state index in [4.69, 9.17) is 9.47 Å². The molecule has 88 valence electrons. The lowest BCUT2D eigenvalue weighted by Crippen LogP contribution is -2.04. The molecule has 1 aromatic rings. The third-order valence-electron chi connectivity index (χ3n) is 2.07. The van der Waals surface area contributed by atoms with Crippen LogP contribution in [-0.2, 0) is 11.2 Å². The Morgan fingerprint density at radius 1 is 1.44 bits per heavy atom. The van der Waals surface area contributed by atoms with Crippen LogP contribution in [0.4, 0.5) is 0 Å². The number of hydrogen-bond acceptors (Lipinski definition) is 3. The van der Waals surface area contributed by atoms with Crippen molar-refractivity contribution in [1.29, 1.82) is 0 Å². The maximum atomic E-state index is 5.47. The Kier molecular flexibility index (Phi) is 5.40. The van der Waals surface area contributed by atoms with Crippen molar-refractivity contribution >= 4 is 0 Å². The minimum absolute atomic E-state index is 0.358. The van der Waals surface area contributed by atoms with Crippen LogP contribution < -0.4 is 4.74 Å². The first kappa shape index (κ1) is 12.6. The Bertz CT molecular complexity index is 336. The van der Waals surface area contributed by atoms with Gasteiger partial charge in [0.25, 0.3) is 0 Å². The zero-order valence-corrected chi connectivity index (χ0v) is 10.0. The summed E-state index contributed by atoms with van der Waals surface area (Å²) in [6.45, 7) is 8.79. The van der Waals surface area contributed by atoms with Gasteiger partial charge in [0.15, 0.2) is 0 Å². The first-order valence-corrected chi connectivity index (χ1v) is 5.64. The molecule has 0 saturated heterocycles. The van der Waals surface area contributed by atoms with Gasteiger partial charge in [-0.3, -0.25) is 0 Å². The summed E-state index contributed by atoms with van der Waals surface area (Å²) in [6.07, 6.45) is 3.93. The van der Waals surface area contributed by atoms with E-state index in [0.29, 0.717) is 24.9 Å². The van der Waals surface area contributed by atoms with Crippen molar-refractivity contribution < 1.29 is 9.47 Å². The number of aromatic nitrogens is 1. The Morgan fingerprint density at radius 3 is 2.94 bits per heavy atom. The number of pyridine rings is 1. The van der Waals surface area contributed by atoms with Gasteiger partial charge in [-0.1, -0.05) is 19.9 Å². The highest BCUT2D eigenvalue weighted by Crippen LogP contribution is 2.11. The van der Waals surface area contributed by atoms with Crippen LogP contribution in [0.1, 0.15) is 25.8 Å². The van der Waals surface area contributed by atoms with Gasteiger partial charge in [-0.25, -0.2) is 4.98 Å². The predicted molar refractivity (Wildman–Crippen MR) is 64.5 cm³/mol. The highest BCUT2D eigenvalue weighted by atomic mass is 16.5. The molecule has 3 nitrogen and oxygen atoms in total. The van der Waals surface area contributed by atoms with E-state index < -0.39 is 0 Å². The minimum Gasteiger partial charge on any atom is -0.495 e. The summed E-state index contributed by atoms with van der Waals surface area (Å²) < 4.78 is 10.7. The second-order valence-electron chi connectivity index (χ2n) is 3.51. The van der Waals surface area contributed by atoms with Crippen molar-refractivity contribution in [2.45, 2.75) is 26.7 Å². The standard InChI is InChI=1S/C13H19NO2/c1-4-6-12-7-8-14-13(9-12)16-10-11(3)15-5-2/h7-9H,3-6,10H2,1-2H3. The van der Waals surface area contributed by atoms with E-state index >= 15 is 0 Å². The molecule has 3 heteroatoms. The van der Waals surface area contributed by atoms with E-state index in [-0.39, 0.29) is 0 Å². The third-order valence-corrected chi connectivity index (χ3v) is 2.07. The largest absolute Gasteiger partial charge is 0.495 e. The average Bonchev–Trinajstić information content (AvgIpc) is 2.28. The first-order valence-electron chi connectivity index (χ1n) is 5.64. The number of ether oxygens (including phenoxy) is 2. The normalized spacial score (nSPS) is 9.88. The molecule has 0 aliphatic heterocycles. The fourth-order valence-corrected chi connectivity index (χ4v) is 1.37. The molecule has 0 saturated carbocycles. The second-order valence-corrected chi connectivity index (χ2v) is 3.51. The third kappa shape index (κ3) is 4.34. The summed E-state index contributed by atoms with van der Waals surface area (Å²) in [4.78, 5) is 4.13. The van der Waals surface area contributed by atoms with E-state index in [1.165, 1.54) is 5.56 Å². The molecule has 0 atom stereocenters. The lowest BCUT2D eigenvalue weighted by Gasteiger charge is -2.09. The molecule has 0 aliphatic carbocycles. The summed E-state index contributed by atoms with van der Waals surface area (Å²) in [6, 6.07) is 3.97. The van der Waals surface area contributed by atoms with Gasteiger partial charge in [-0.05, 0) is 25.0 Å². The molecule has 1 rings (SSSR count). The molecule has 0 aromatic carbocycles. The van der Waals surface area contributed by atoms with Crippen LogP contribution >= 0.6 is 0 Å². The predicted octanol–water partition coefficient (Wildman–Crippen LogP) is 2.96. The van der Waals surface area contributed by atoms with E-state index in [1.807, 2.05) is 19.1 Å². The van der Waals surface area contributed by atoms with Gasteiger partial charge in [0.05, 0.1) is 6.61 Å². The molecule has 1 heterocycles. The zero-order chi connectivity index (χ0) is 11.8. The van der Waals surface area contributed by atoms with Crippen molar-refractivity contribution in [2.24, 2.45) is 0 Å². The van der Waals surface area contributed by atoms with E-state index in [9.17, 15) is 0 Å². The van der Waals surface area contributed by atoms with E-state index in [0.717, 1.165) is 12.8 Å². The molecule has 16 heavy (non-hydrogen) atoms. The fraction of sp³-hybridized carbons (Fsp3) is 0.462. The number of hydrogen-bond donors (Lipinski definition) is 0. The Balaban J connectivity index is 2.47. The topological polar surface area (TPSA) is 31.4 Å². The molecule has 0 bridgehead atoms. The molecule has 0 fully saturated rings. The van der Waals surface area contributed by atoms with Gasteiger partial charge in [-0.15, -0.1) is 0 Å². The SMILES string of the molecule is C=C(COc1cc(CCC)ccn1)OCC. The van der Waals surface area contributed by atoms with Gasteiger partial charge in [0, 0.05) is 12.3 Å². The van der Waals surface area contributed by atoms with Crippen LogP contribution in [0, 0.1) is 0 Å². The maximum absolute atomic E-state index is 5.47. The Labute approximate surface area is 97.1 Å². The Hall–Kier alpha value is -1.51. The van der Waals surface area contributed by atoms with Gasteiger partial charge in [0.2, 0.25) is 5.88 Å². The van der Waals surface area contributed by atoms with E-state index in [2.05, 4.69) is 18.5 Å². The Morgan fingerprint density at radius 2 is 2.25 bits per heavy atom. The summed E-state index contributed by atoms with van der Waals surface area (Å²) in [5.74, 6) is 1.26. The van der Waals surface area contributed by atoms with Gasteiger partial charge < -0.3 is 9.47 Å². The van der Waals surface area contributed by atoms with E-state index in [1.54, 1.807) is 6.20 Å². The second kappa shape index (κ2) is 6.88.